The second-order valence-electron chi connectivity index (χ2n) is 14.2. The van der Waals surface area contributed by atoms with Crippen LogP contribution in [-0.2, 0) is 4.79 Å². The molecule has 0 bridgehead atoms. The molecule has 3 aromatic rings. The highest BCUT2D eigenvalue weighted by Gasteiger charge is 2.57. The highest BCUT2D eigenvalue weighted by atomic mass is 19.1. The minimum Gasteiger partial charge on any atom is -0.477 e. The van der Waals surface area contributed by atoms with E-state index in [-0.39, 0.29) is 45.8 Å². The molecule has 1 aliphatic carbocycles. The molecule has 2 aromatic heterocycles. The van der Waals surface area contributed by atoms with Gasteiger partial charge in [-0.05, 0) is 37.0 Å². The van der Waals surface area contributed by atoms with Gasteiger partial charge in [-0.2, -0.15) is 0 Å². The summed E-state index contributed by atoms with van der Waals surface area (Å²) in [5.74, 6) is -4.07. The lowest BCUT2D eigenvalue weighted by atomic mass is 9.59. The Morgan fingerprint density at radius 3 is 2.18 bits per heavy atom. The van der Waals surface area contributed by atoms with Crippen LogP contribution in [0.5, 0.6) is 0 Å². The van der Waals surface area contributed by atoms with Gasteiger partial charge in [0.05, 0.1) is 11.1 Å². The second-order valence-corrected chi connectivity index (χ2v) is 14.2. The minimum absolute atomic E-state index is 0.0285. The lowest BCUT2D eigenvalue weighted by Gasteiger charge is -2.49. The summed E-state index contributed by atoms with van der Waals surface area (Å²) < 4.78 is 45.2. The largest absolute Gasteiger partial charge is 0.477 e. The molecule has 0 radical (unpaired) electrons. The van der Waals surface area contributed by atoms with Crippen LogP contribution in [0.15, 0.2) is 35.3 Å². The first-order chi connectivity index (χ1) is 23.5. The molecule has 1 saturated heterocycles. The van der Waals surface area contributed by atoms with Crippen molar-refractivity contribution in [3.8, 4) is 5.69 Å². The molecule has 2 N–H and O–H groups in total. The van der Waals surface area contributed by atoms with E-state index in [1.807, 2.05) is 0 Å². The number of hydrogen-bond acceptors (Lipinski definition) is 5. The first-order valence-electron chi connectivity index (χ1n) is 18.0. The molecular weight excluding hydrogens is 633 g/mol. The number of carboxylic acids is 1. The van der Waals surface area contributed by atoms with Gasteiger partial charge < -0.3 is 15.3 Å². The fraction of sp³-hybridized carbons (Fsp3) is 0.579. The van der Waals surface area contributed by atoms with Crippen molar-refractivity contribution >= 4 is 28.7 Å². The summed E-state index contributed by atoms with van der Waals surface area (Å²) in [5.41, 5.74) is -2.36. The number of pyridine rings is 2. The number of carbonyl (C=O) groups is 2. The quantitative estimate of drug-likeness (QED) is 0.131. The van der Waals surface area contributed by atoms with Crippen molar-refractivity contribution in [2.45, 2.75) is 116 Å². The zero-order valence-electron chi connectivity index (χ0n) is 28.7. The third kappa shape index (κ3) is 8.29. The summed E-state index contributed by atoms with van der Waals surface area (Å²) in [6.45, 7) is 5.19. The first kappa shape index (κ1) is 36.4. The molecule has 2 aliphatic rings. The number of anilines is 1. The summed E-state index contributed by atoms with van der Waals surface area (Å²) in [7, 11) is 0. The van der Waals surface area contributed by atoms with E-state index in [0.29, 0.717) is 25.6 Å². The number of halogens is 3. The maximum Gasteiger partial charge on any atom is 0.341 e. The Morgan fingerprint density at radius 1 is 0.939 bits per heavy atom. The Balaban J connectivity index is 1.16. The Hall–Kier alpha value is -3.89. The Bertz CT molecular complexity index is 1710. The van der Waals surface area contributed by atoms with Crippen LogP contribution in [0.4, 0.5) is 19.0 Å². The van der Waals surface area contributed by atoms with Gasteiger partial charge in [0.2, 0.25) is 11.3 Å². The van der Waals surface area contributed by atoms with Crippen molar-refractivity contribution in [1.29, 1.82) is 0 Å². The summed E-state index contributed by atoms with van der Waals surface area (Å²) in [4.78, 5) is 43.9. The van der Waals surface area contributed by atoms with Crippen LogP contribution in [0.3, 0.4) is 0 Å². The van der Waals surface area contributed by atoms with Crippen LogP contribution in [-0.4, -0.2) is 45.7 Å². The lowest BCUT2D eigenvalue weighted by molar-refractivity contribution is -0.125. The molecule has 5 rings (SSSR count). The van der Waals surface area contributed by atoms with Gasteiger partial charge in [0.25, 0.3) is 0 Å². The molecule has 49 heavy (non-hydrogen) atoms. The van der Waals surface area contributed by atoms with Gasteiger partial charge in [-0.1, -0.05) is 90.9 Å². The fourth-order valence-electron chi connectivity index (χ4n) is 7.61. The Labute approximate surface area is 286 Å². The molecule has 0 spiro atoms. The summed E-state index contributed by atoms with van der Waals surface area (Å²) in [6, 6.07) is 3.61. The summed E-state index contributed by atoms with van der Waals surface area (Å²) in [5, 5.41) is 12.5. The van der Waals surface area contributed by atoms with Crippen molar-refractivity contribution in [2.75, 3.05) is 18.0 Å². The molecule has 2 fully saturated rings. The van der Waals surface area contributed by atoms with E-state index in [1.54, 1.807) is 4.90 Å². The van der Waals surface area contributed by atoms with E-state index >= 15 is 4.39 Å². The number of aromatic carboxylic acids is 1. The van der Waals surface area contributed by atoms with E-state index in [4.69, 9.17) is 0 Å². The molecule has 3 atom stereocenters. The third-order valence-corrected chi connectivity index (χ3v) is 10.7. The van der Waals surface area contributed by atoms with E-state index in [9.17, 15) is 28.3 Å². The molecule has 11 heteroatoms. The summed E-state index contributed by atoms with van der Waals surface area (Å²) in [6.07, 6.45) is 18.3. The predicted molar refractivity (Wildman–Crippen MR) is 185 cm³/mol. The van der Waals surface area contributed by atoms with Gasteiger partial charge in [-0.15, -0.1) is 0 Å². The van der Waals surface area contributed by atoms with Gasteiger partial charge in [-0.3, -0.25) is 14.2 Å². The van der Waals surface area contributed by atoms with Crippen LogP contribution < -0.4 is 15.6 Å². The Morgan fingerprint density at radius 2 is 1.57 bits per heavy atom. The number of rotatable bonds is 18. The van der Waals surface area contributed by atoms with E-state index < -0.39 is 34.4 Å². The van der Waals surface area contributed by atoms with Crippen LogP contribution >= 0.6 is 0 Å². The van der Waals surface area contributed by atoms with Gasteiger partial charge in [0.1, 0.15) is 17.2 Å². The van der Waals surface area contributed by atoms with Crippen LogP contribution in [0.2, 0.25) is 0 Å². The number of carboxylic acid groups (broad SMARTS) is 1. The summed E-state index contributed by atoms with van der Waals surface area (Å²) >= 11 is 0. The number of nitrogens with zero attached hydrogens (tertiary/aromatic N) is 3. The molecular formula is C38H49F3N4O4. The highest BCUT2D eigenvalue weighted by Crippen LogP contribution is 2.52. The van der Waals surface area contributed by atoms with E-state index in [0.717, 1.165) is 54.6 Å². The van der Waals surface area contributed by atoms with Crippen molar-refractivity contribution in [3.63, 3.8) is 0 Å². The van der Waals surface area contributed by atoms with Crippen molar-refractivity contribution in [3.05, 3.63) is 63.7 Å². The normalized spacial score (nSPS) is 20.0. The number of amides is 1. The van der Waals surface area contributed by atoms with Gasteiger partial charge in [-0.25, -0.2) is 22.9 Å². The van der Waals surface area contributed by atoms with Crippen LogP contribution in [0, 0.1) is 28.8 Å². The molecule has 1 amide bonds. The average molecular weight is 683 g/mol. The number of benzene rings is 1. The van der Waals surface area contributed by atoms with E-state index in [2.05, 4.69) is 24.1 Å². The molecule has 1 aliphatic heterocycles. The topological polar surface area (TPSA) is 105 Å². The van der Waals surface area contributed by atoms with Crippen LogP contribution in [0.25, 0.3) is 16.7 Å². The van der Waals surface area contributed by atoms with Gasteiger partial charge in [0, 0.05) is 43.2 Å². The first-order valence-corrected chi connectivity index (χ1v) is 18.0. The number of unbranched alkanes of at least 4 members (excludes halogenated alkanes) is 12. The standard InChI is InChI=1S/C38H49F3N4O4/c1-3-4-5-6-7-8-9-10-11-12-13-14-15-16-33(46)42-32-19-25-22-44(24-38(25,32)2)36-30(41)21-27-34(47)28(37(48)49)23-45(35(27)43-36)31-18-17-26(39)20-29(31)40/h17-18,20-21,23,25,32H,3-16,19,22,24H2,1-2H3,(H,42,46)(H,48,49). The predicted octanol–water partition coefficient (Wildman–Crippen LogP) is 8.31. The van der Waals surface area contributed by atoms with E-state index in [1.165, 1.54) is 64.2 Å². The molecule has 3 unspecified atom stereocenters. The highest BCUT2D eigenvalue weighted by molar-refractivity contribution is 5.92. The van der Waals surface area contributed by atoms with Crippen LogP contribution in [0.1, 0.15) is 121 Å². The maximum absolute atomic E-state index is 15.6. The number of hydrogen-bond donors (Lipinski definition) is 2. The van der Waals surface area contributed by atoms with Crippen molar-refractivity contribution < 1.29 is 27.9 Å². The number of aromatic nitrogens is 2. The number of fused-ring (bicyclic) bond motifs is 2. The molecule has 1 saturated carbocycles. The smallest absolute Gasteiger partial charge is 0.341 e. The Kier molecular flexibility index (Phi) is 12.0. The lowest BCUT2D eigenvalue weighted by Crippen LogP contribution is -2.59. The molecule has 8 nitrogen and oxygen atoms in total. The fourth-order valence-corrected chi connectivity index (χ4v) is 7.61. The average Bonchev–Trinajstić information content (AvgIpc) is 3.32. The third-order valence-electron chi connectivity index (χ3n) is 10.7. The van der Waals surface area contributed by atoms with Gasteiger partial charge in [0.15, 0.2) is 17.3 Å². The molecule has 3 heterocycles. The van der Waals surface area contributed by atoms with Crippen molar-refractivity contribution in [2.24, 2.45) is 11.3 Å². The second kappa shape index (κ2) is 16.2. The molecule has 1 aromatic carbocycles. The number of carbonyl (C=O) groups excluding carboxylic acids is 1. The zero-order valence-corrected chi connectivity index (χ0v) is 28.7. The maximum atomic E-state index is 15.6. The molecule has 266 valence electrons. The number of nitrogens with one attached hydrogen (secondary N) is 1. The monoisotopic (exact) mass is 682 g/mol. The zero-order chi connectivity index (χ0) is 35.1. The van der Waals surface area contributed by atoms with Gasteiger partial charge >= 0.3 is 5.97 Å². The SMILES string of the molecule is CCCCCCCCCCCCCCCC(=O)NC1CC2CN(c3nc4c(cc3F)c(=O)c(C(=O)O)cn4-c3ccc(F)cc3F)CC21C. The minimum atomic E-state index is -1.57. The van der Waals surface area contributed by atoms with Crippen molar-refractivity contribution in [1.82, 2.24) is 14.9 Å².